The standard InChI is InChI=1S/C15H20N4O3S/c1-8(20)16-14-10-6-19(7-11(10)14)13-5-12(9-3-4-9)17-15(18-13)23(2,21)22/h5,9-11,14H,3-4,6-7H2,1-2H3,(H,16,20)/t10-,11+,14?. The molecule has 23 heavy (non-hydrogen) atoms. The molecule has 0 aromatic carbocycles. The highest BCUT2D eigenvalue weighted by Crippen LogP contribution is 2.47. The fourth-order valence-electron chi connectivity index (χ4n) is 3.51. The van der Waals surface area contributed by atoms with E-state index >= 15 is 0 Å². The first-order chi connectivity index (χ1) is 10.8. The van der Waals surface area contributed by atoms with Gasteiger partial charge in [0.05, 0.1) is 5.69 Å². The molecule has 1 aromatic rings. The van der Waals surface area contributed by atoms with Gasteiger partial charge in [-0.05, 0) is 12.8 Å². The molecule has 2 aliphatic carbocycles. The van der Waals surface area contributed by atoms with Crippen molar-refractivity contribution in [2.24, 2.45) is 11.8 Å². The summed E-state index contributed by atoms with van der Waals surface area (Å²) in [7, 11) is -3.42. The Morgan fingerprint density at radius 2 is 1.91 bits per heavy atom. The van der Waals surface area contributed by atoms with Gasteiger partial charge in [0.1, 0.15) is 5.82 Å². The maximum Gasteiger partial charge on any atom is 0.248 e. The summed E-state index contributed by atoms with van der Waals surface area (Å²) in [5, 5.41) is 2.90. The molecule has 1 aromatic heterocycles. The Bertz CT molecular complexity index is 763. The number of piperidine rings is 1. The lowest BCUT2D eigenvalue weighted by atomic mass is 10.2. The first-order valence-electron chi connectivity index (χ1n) is 7.94. The number of sulfone groups is 1. The zero-order valence-electron chi connectivity index (χ0n) is 13.2. The van der Waals surface area contributed by atoms with Gasteiger partial charge in [-0.25, -0.2) is 18.4 Å². The quantitative estimate of drug-likeness (QED) is 0.797. The second-order valence-electron chi connectivity index (χ2n) is 6.94. The molecule has 3 fully saturated rings. The SMILES string of the molecule is CC(=O)NC1[C@H]2CN(c3cc(C4CC4)nc(S(C)(=O)=O)n3)C[C@@H]12. The molecule has 0 spiro atoms. The van der Waals surface area contributed by atoms with Crippen molar-refractivity contribution >= 4 is 21.6 Å². The van der Waals surface area contributed by atoms with Gasteiger partial charge in [0.25, 0.3) is 0 Å². The van der Waals surface area contributed by atoms with Crippen LogP contribution in [0, 0.1) is 11.8 Å². The van der Waals surface area contributed by atoms with Gasteiger partial charge in [-0.3, -0.25) is 4.79 Å². The molecule has 4 rings (SSSR count). The molecule has 0 radical (unpaired) electrons. The molecular weight excluding hydrogens is 316 g/mol. The van der Waals surface area contributed by atoms with Crippen LogP contribution in [0.1, 0.15) is 31.4 Å². The van der Waals surface area contributed by atoms with Crippen LogP contribution in [-0.4, -0.2) is 49.7 Å². The molecule has 1 amide bonds. The van der Waals surface area contributed by atoms with Crippen LogP contribution in [0.25, 0.3) is 0 Å². The molecule has 1 saturated heterocycles. The van der Waals surface area contributed by atoms with Crippen molar-refractivity contribution in [1.29, 1.82) is 0 Å². The number of rotatable bonds is 4. The summed E-state index contributed by atoms with van der Waals surface area (Å²) in [5.41, 5.74) is 0.842. The Labute approximate surface area is 135 Å². The molecule has 2 saturated carbocycles. The molecule has 1 aliphatic heterocycles. The molecule has 8 heteroatoms. The lowest BCUT2D eigenvalue weighted by Gasteiger charge is -2.22. The number of fused-ring (bicyclic) bond motifs is 1. The predicted molar refractivity (Wildman–Crippen MR) is 83.9 cm³/mol. The van der Waals surface area contributed by atoms with Crippen molar-refractivity contribution in [3.05, 3.63) is 11.8 Å². The molecule has 0 bridgehead atoms. The predicted octanol–water partition coefficient (Wildman–Crippen LogP) is 0.328. The summed E-state index contributed by atoms with van der Waals surface area (Å²) in [6.45, 7) is 3.15. The third-order valence-electron chi connectivity index (χ3n) is 4.93. The number of nitrogens with zero attached hydrogens (tertiary/aromatic N) is 3. The van der Waals surface area contributed by atoms with Crippen LogP contribution < -0.4 is 10.2 Å². The lowest BCUT2D eigenvalue weighted by molar-refractivity contribution is -0.119. The average Bonchev–Trinajstić information content (AvgIpc) is 3.36. The van der Waals surface area contributed by atoms with Crippen LogP contribution in [0.3, 0.4) is 0 Å². The highest BCUT2D eigenvalue weighted by Gasteiger charge is 2.56. The first kappa shape index (κ1) is 14.9. The van der Waals surface area contributed by atoms with Gasteiger partial charge in [-0.1, -0.05) is 0 Å². The van der Waals surface area contributed by atoms with Crippen molar-refractivity contribution < 1.29 is 13.2 Å². The second-order valence-corrected chi connectivity index (χ2v) is 8.85. The number of amides is 1. The van der Waals surface area contributed by atoms with Crippen molar-refractivity contribution in [3.8, 4) is 0 Å². The number of hydrogen-bond acceptors (Lipinski definition) is 6. The maximum absolute atomic E-state index is 11.9. The minimum Gasteiger partial charge on any atom is -0.356 e. The Morgan fingerprint density at radius 1 is 1.26 bits per heavy atom. The molecule has 2 heterocycles. The van der Waals surface area contributed by atoms with Gasteiger partial charge >= 0.3 is 0 Å². The second kappa shape index (κ2) is 4.90. The van der Waals surface area contributed by atoms with Crippen molar-refractivity contribution in [1.82, 2.24) is 15.3 Å². The molecule has 7 nitrogen and oxygen atoms in total. The lowest BCUT2D eigenvalue weighted by Crippen LogP contribution is -2.34. The van der Waals surface area contributed by atoms with E-state index in [-0.39, 0.29) is 17.1 Å². The number of carbonyl (C=O) groups excluding carboxylic acids is 1. The van der Waals surface area contributed by atoms with Gasteiger partial charge in [-0.2, -0.15) is 0 Å². The van der Waals surface area contributed by atoms with E-state index in [4.69, 9.17) is 0 Å². The number of aromatic nitrogens is 2. The van der Waals surface area contributed by atoms with E-state index < -0.39 is 9.84 Å². The van der Waals surface area contributed by atoms with Gasteiger partial charge in [0.15, 0.2) is 0 Å². The van der Waals surface area contributed by atoms with Gasteiger partial charge in [0.2, 0.25) is 20.9 Å². The third kappa shape index (κ3) is 2.80. The number of carbonyl (C=O) groups is 1. The van der Waals surface area contributed by atoms with Crippen molar-refractivity contribution in [2.45, 2.75) is 36.9 Å². The third-order valence-corrected chi connectivity index (χ3v) is 5.77. The summed E-state index contributed by atoms with van der Waals surface area (Å²) < 4.78 is 23.7. The Kier molecular flexibility index (Phi) is 3.16. The highest BCUT2D eigenvalue weighted by atomic mass is 32.2. The van der Waals surface area contributed by atoms with E-state index in [1.54, 1.807) is 0 Å². The minimum atomic E-state index is -3.42. The van der Waals surface area contributed by atoms with Crippen LogP contribution in [0.4, 0.5) is 5.82 Å². The van der Waals surface area contributed by atoms with E-state index in [0.29, 0.717) is 23.6 Å². The summed E-state index contributed by atoms with van der Waals surface area (Å²) >= 11 is 0. The Morgan fingerprint density at radius 3 is 2.43 bits per heavy atom. The summed E-state index contributed by atoms with van der Waals surface area (Å²) in [6, 6.07) is 2.20. The molecule has 1 unspecified atom stereocenters. The monoisotopic (exact) mass is 336 g/mol. The largest absolute Gasteiger partial charge is 0.356 e. The summed E-state index contributed by atoms with van der Waals surface area (Å²) in [5.74, 6) is 1.98. The number of hydrogen-bond donors (Lipinski definition) is 1. The van der Waals surface area contributed by atoms with Gasteiger partial charge in [0, 0.05) is 56.1 Å². The normalized spacial score (nSPS) is 29.3. The van der Waals surface area contributed by atoms with Crippen LogP contribution >= 0.6 is 0 Å². The van der Waals surface area contributed by atoms with Crippen LogP contribution in [0.15, 0.2) is 11.2 Å². The molecular formula is C15H20N4O3S. The Hall–Kier alpha value is -1.70. The summed E-state index contributed by atoms with van der Waals surface area (Å²) in [6.07, 6.45) is 3.28. The van der Waals surface area contributed by atoms with Crippen LogP contribution in [-0.2, 0) is 14.6 Å². The van der Waals surface area contributed by atoms with E-state index in [1.807, 2.05) is 6.07 Å². The fourth-order valence-corrected chi connectivity index (χ4v) is 4.04. The number of anilines is 1. The van der Waals surface area contributed by atoms with E-state index in [9.17, 15) is 13.2 Å². The molecule has 3 aliphatic rings. The van der Waals surface area contributed by atoms with E-state index in [0.717, 1.165) is 37.9 Å². The smallest absolute Gasteiger partial charge is 0.248 e. The van der Waals surface area contributed by atoms with Crippen LogP contribution in [0.5, 0.6) is 0 Å². The molecule has 3 atom stereocenters. The van der Waals surface area contributed by atoms with Crippen molar-refractivity contribution in [2.75, 3.05) is 24.2 Å². The zero-order chi connectivity index (χ0) is 16.4. The molecule has 124 valence electrons. The van der Waals surface area contributed by atoms with Gasteiger partial charge < -0.3 is 10.2 Å². The first-order valence-corrected chi connectivity index (χ1v) is 9.83. The zero-order valence-corrected chi connectivity index (χ0v) is 14.0. The fraction of sp³-hybridized carbons (Fsp3) is 0.667. The topological polar surface area (TPSA) is 92.3 Å². The average molecular weight is 336 g/mol. The summed E-state index contributed by atoms with van der Waals surface area (Å²) in [4.78, 5) is 21.8. The van der Waals surface area contributed by atoms with Crippen molar-refractivity contribution in [3.63, 3.8) is 0 Å². The number of nitrogens with one attached hydrogen (secondary N) is 1. The minimum absolute atomic E-state index is 0.00775. The van der Waals surface area contributed by atoms with Gasteiger partial charge in [-0.15, -0.1) is 0 Å². The molecule has 1 N–H and O–H groups in total. The van der Waals surface area contributed by atoms with E-state index in [2.05, 4.69) is 20.2 Å². The van der Waals surface area contributed by atoms with Crippen LogP contribution in [0.2, 0.25) is 0 Å². The Balaban J connectivity index is 1.56. The highest BCUT2D eigenvalue weighted by molar-refractivity contribution is 7.90. The maximum atomic E-state index is 11.9. The van der Waals surface area contributed by atoms with E-state index in [1.165, 1.54) is 6.92 Å².